The van der Waals surface area contributed by atoms with Gasteiger partial charge in [-0.3, -0.25) is 4.98 Å². The third kappa shape index (κ3) is 3.15. The molecule has 3 rings (SSSR count). The van der Waals surface area contributed by atoms with Crippen LogP contribution >= 0.6 is 0 Å². The van der Waals surface area contributed by atoms with E-state index in [0.717, 1.165) is 5.56 Å². The highest BCUT2D eigenvalue weighted by Crippen LogP contribution is 2.31. The summed E-state index contributed by atoms with van der Waals surface area (Å²) in [7, 11) is 0. The van der Waals surface area contributed by atoms with E-state index in [1.807, 2.05) is 13.0 Å². The second kappa shape index (κ2) is 6.88. The summed E-state index contributed by atoms with van der Waals surface area (Å²) in [6.07, 6.45) is 3.04. The number of carboxylic acid groups (broad SMARTS) is 1. The zero-order valence-electron chi connectivity index (χ0n) is 13.9. The van der Waals surface area contributed by atoms with Crippen molar-refractivity contribution in [1.82, 2.24) is 4.98 Å². The van der Waals surface area contributed by atoms with Crippen molar-refractivity contribution in [3.8, 4) is 34.4 Å². The number of aromatic nitrogens is 1. The zero-order valence-corrected chi connectivity index (χ0v) is 13.9. The molecule has 0 aliphatic rings. The van der Waals surface area contributed by atoms with E-state index < -0.39 is 5.97 Å². The van der Waals surface area contributed by atoms with Crippen LogP contribution in [0.1, 0.15) is 27.0 Å². The second-order valence-corrected chi connectivity index (χ2v) is 5.80. The fourth-order valence-corrected chi connectivity index (χ4v) is 2.79. The van der Waals surface area contributed by atoms with Gasteiger partial charge in [-0.15, -0.1) is 0 Å². The quantitative estimate of drug-likeness (QED) is 0.772. The van der Waals surface area contributed by atoms with E-state index in [9.17, 15) is 20.4 Å². The molecule has 0 unspecified atom stereocenters. The Hall–Kier alpha value is -3.96. The van der Waals surface area contributed by atoms with Crippen LogP contribution in [0.4, 0.5) is 0 Å². The van der Waals surface area contributed by atoms with E-state index in [1.165, 1.54) is 24.5 Å². The number of nitrogens with zero attached hydrogens (tertiary/aromatic N) is 3. The fraction of sp³-hybridized carbons (Fsp3) is 0.0476. The molecule has 0 fully saturated rings. The Morgan fingerprint density at radius 2 is 1.65 bits per heavy atom. The van der Waals surface area contributed by atoms with E-state index in [2.05, 4.69) is 17.1 Å². The Morgan fingerprint density at radius 3 is 2.31 bits per heavy atom. The monoisotopic (exact) mass is 339 g/mol. The average Bonchev–Trinajstić information content (AvgIpc) is 2.67. The maximum absolute atomic E-state index is 11.6. The third-order valence-electron chi connectivity index (χ3n) is 4.04. The summed E-state index contributed by atoms with van der Waals surface area (Å²) >= 11 is 0. The summed E-state index contributed by atoms with van der Waals surface area (Å²) < 4.78 is 0. The molecule has 0 aliphatic heterocycles. The highest BCUT2D eigenvalue weighted by molar-refractivity contribution is 5.93. The van der Waals surface area contributed by atoms with Gasteiger partial charge in [0.1, 0.15) is 0 Å². The molecule has 5 nitrogen and oxygen atoms in total. The van der Waals surface area contributed by atoms with Crippen LogP contribution in [0, 0.1) is 29.6 Å². The normalized spacial score (nSPS) is 9.96. The van der Waals surface area contributed by atoms with Crippen LogP contribution in [0.5, 0.6) is 0 Å². The van der Waals surface area contributed by atoms with Crippen LogP contribution in [0.3, 0.4) is 0 Å². The lowest BCUT2D eigenvalue weighted by Crippen LogP contribution is -1.99. The Labute approximate surface area is 150 Å². The first-order valence-electron chi connectivity index (χ1n) is 7.77. The first kappa shape index (κ1) is 16.9. The molecule has 124 valence electrons. The van der Waals surface area contributed by atoms with Crippen LogP contribution in [0.2, 0.25) is 0 Å². The summed E-state index contributed by atoms with van der Waals surface area (Å²) in [4.78, 5) is 15.6. The van der Waals surface area contributed by atoms with Crippen molar-refractivity contribution in [3.63, 3.8) is 0 Å². The van der Waals surface area contributed by atoms with Gasteiger partial charge in [0.15, 0.2) is 0 Å². The predicted molar refractivity (Wildman–Crippen MR) is 96.2 cm³/mol. The van der Waals surface area contributed by atoms with Gasteiger partial charge in [-0.05, 0) is 59.5 Å². The van der Waals surface area contributed by atoms with Gasteiger partial charge in [-0.2, -0.15) is 10.5 Å². The predicted octanol–water partition coefficient (Wildman–Crippen LogP) is 4.17. The van der Waals surface area contributed by atoms with Gasteiger partial charge in [0, 0.05) is 18.0 Å². The van der Waals surface area contributed by atoms with Gasteiger partial charge >= 0.3 is 5.97 Å². The molecule has 0 saturated heterocycles. The number of hydrogen-bond donors (Lipinski definition) is 1. The van der Waals surface area contributed by atoms with E-state index in [1.54, 1.807) is 24.3 Å². The number of nitriles is 2. The number of pyridine rings is 1. The highest BCUT2D eigenvalue weighted by Gasteiger charge is 2.14. The molecule has 0 saturated carbocycles. The molecule has 0 aliphatic carbocycles. The standard InChI is InChI=1S/C21H13N3O2/c1-13-2-3-19(18(6-13)11-23)15-7-16(9-17(8-15)21(25)26)20-12-24-5-4-14(20)10-22/h2-9,12H,1H3,(H,25,26). The third-order valence-corrected chi connectivity index (χ3v) is 4.04. The molecule has 0 amide bonds. The van der Waals surface area contributed by atoms with E-state index in [0.29, 0.717) is 33.4 Å². The zero-order chi connectivity index (χ0) is 18.7. The van der Waals surface area contributed by atoms with Crippen molar-refractivity contribution < 1.29 is 9.90 Å². The SMILES string of the molecule is Cc1ccc(-c2cc(C(=O)O)cc(-c3cnccc3C#N)c2)c(C#N)c1. The van der Waals surface area contributed by atoms with Gasteiger partial charge in [-0.1, -0.05) is 12.1 Å². The minimum atomic E-state index is -1.08. The molecular weight excluding hydrogens is 326 g/mol. The minimum absolute atomic E-state index is 0.0784. The summed E-state index contributed by atoms with van der Waals surface area (Å²) in [5.41, 5.74) is 4.24. The van der Waals surface area contributed by atoms with Gasteiger partial charge in [-0.25, -0.2) is 4.79 Å². The maximum atomic E-state index is 11.6. The number of carboxylic acids is 1. The Morgan fingerprint density at radius 1 is 0.962 bits per heavy atom. The molecule has 0 radical (unpaired) electrons. The van der Waals surface area contributed by atoms with E-state index in [4.69, 9.17) is 0 Å². The van der Waals surface area contributed by atoms with Crippen LogP contribution in [0.15, 0.2) is 54.9 Å². The van der Waals surface area contributed by atoms with Crippen molar-refractivity contribution in [3.05, 3.63) is 77.1 Å². The second-order valence-electron chi connectivity index (χ2n) is 5.80. The summed E-state index contributed by atoms with van der Waals surface area (Å²) in [5, 5.41) is 28.2. The molecule has 2 aromatic carbocycles. The largest absolute Gasteiger partial charge is 0.478 e. The number of aryl methyl sites for hydroxylation is 1. The molecule has 26 heavy (non-hydrogen) atoms. The Kier molecular flexibility index (Phi) is 4.47. The molecule has 3 aromatic rings. The van der Waals surface area contributed by atoms with Crippen molar-refractivity contribution in [2.45, 2.75) is 6.92 Å². The van der Waals surface area contributed by atoms with Crippen LogP contribution in [-0.2, 0) is 0 Å². The Balaban J connectivity index is 2.29. The minimum Gasteiger partial charge on any atom is -0.478 e. The molecule has 1 N–H and O–H groups in total. The Bertz CT molecular complexity index is 1100. The van der Waals surface area contributed by atoms with E-state index in [-0.39, 0.29) is 5.56 Å². The number of benzene rings is 2. The summed E-state index contributed by atoms with van der Waals surface area (Å²) in [6.45, 7) is 1.89. The van der Waals surface area contributed by atoms with Crippen molar-refractivity contribution in [2.75, 3.05) is 0 Å². The van der Waals surface area contributed by atoms with Gasteiger partial charge in [0.2, 0.25) is 0 Å². The lowest BCUT2D eigenvalue weighted by Gasteiger charge is -2.11. The number of hydrogen-bond acceptors (Lipinski definition) is 4. The fourth-order valence-electron chi connectivity index (χ4n) is 2.79. The first-order valence-corrected chi connectivity index (χ1v) is 7.77. The van der Waals surface area contributed by atoms with Crippen LogP contribution in [-0.4, -0.2) is 16.1 Å². The molecule has 5 heteroatoms. The van der Waals surface area contributed by atoms with Gasteiger partial charge in [0.25, 0.3) is 0 Å². The maximum Gasteiger partial charge on any atom is 0.335 e. The molecule has 0 bridgehead atoms. The summed E-state index contributed by atoms with van der Waals surface area (Å²) in [6, 6.07) is 16.1. The molecule has 1 aromatic heterocycles. The average molecular weight is 339 g/mol. The van der Waals surface area contributed by atoms with Gasteiger partial charge < -0.3 is 5.11 Å². The number of rotatable bonds is 3. The van der Waals surface area contributed by atoms with E-state index >= 15 is 0 Å². The summed E-state index contributed by atoms with van der Waals surface area (Å²) in [5.74, 6) is -1.08. The van der Waals surface area contributed by atoms with Gasteiger partial charge in [0.05, 0.1) is 28.8 Å². The number of aromatic carboxylic acids is 1. The highest BCUT2D eigenvalue weighted by atomic mass is 16.4. The smallest absolute Gasteiger partial charge is 0.335 e. The van der Waals surface area contributed by atoms with Crippen molar-refractivity contribution >= 4 is 5.97 Å². The van der Waals surface area contributed by atoms with Crippen LogP contribution < -0.4 is 0 Å². The molecule has 0 spiro atoms. The molecular formula is C21H13N3O2. The van der Waals surface area contributed by atoms with Crippen molar-refractivity contribution in [2.24, 2.45) is 0 Å². The lowest BCUT2D eigenvalue weighted by atomic mass is 9.92. The number of carbonyl (C=O) groups is 1. The topological polar surface area (TPSA) is 97.8 Å². The lowest BCUT2D eigenvalue weighted by molar-refractivity contribution is 0.0697. The van der Waals surface area contributed by atoms with Crippen molar-refractivity contribution in [1.29, 1.82) is 10.5 Å². The van der Waals surface area contributed by atoms with Crippen LogP contribution in [0.25, 0.3) is 22.3 Å². The molecule has 1 heterocycles. The first-order chi connectivity index (χ1) is 12.5. The molecule has 0 atom stereocenters.